The molecule has 3 N–H and O–H groups in total. The molecule has 1 aliphatic heterocycles. The fraction of sp³-hybridized carbons (Fsp3) is 0.516. The van der Waals surface area contributed by atoms with E-state index in [0.717, 1.165) is 30.3 Å². The van der Waals surface area contributed by atoms with E-state index in [1.54, 1.807) is 0 Å². The van der Waals surface area contributed by atoms with Crippen molar-refractivity contribution in [3.8, 4) is 0 Å². The quantitative estimate of drug-likeness (QED) is 0.304. The van der Waals surface area contributed by atoms with Gasteiger partial charge in [-0.05, 0) is 86.8 Å². The number of nitrogens with zero attached hydrogens (tertiary/aromatic N) is 1. The number of carbonyl (C=O) groups is 3. The highest BCUT2D eigenvalue weighted by Gasteiger charge is 2.73. The summed E-state index contributed by atoms with van der Waals surface area (Å²) in [6, 6.07) is 3.04. The van der Waals surface area contributed by atoms with Crippen LogP contribution in [0, 0.1) is 17.7 Å². The molecule has 8 nitrogen and oxygen atoms in total. The molecule has 5 rings (SSSR count). The summed E-state index contributed by atoms with van der Waals surface area (Å²) in [6.45, 7) is -0.147. The van der Waals surface area contributed by atoms with E-state index in [1.165, 1.54) is 4.90 Å². The van der Waals surface area contributed by atoms with Gasteiger partial charge in [0.05, 0.1) is 10.9 Å². The lowest BCUT2D eigenvalue weighted by Crippen LogP contribution is -2.51. The number of sulfone groups is 1. The van der Waals surface area contributed by atoms with Gasteiger partial charge >= 0.3 is 24.1 Å². The Morgan fingerprint density at radius 3 is 2.00 bits per heavy atom. The number of carbonyl (C=O) groups excluding carboxylic acids is 3. The minimum absolute atomic E-state index is 0.0220. The Hall–Kier alpha value is -3.76. The first-order chi connectivity index (χ1) is 22.3. The van der Waals surface area contributed by atoms with Gasteiger partial charge < -0.3 is 10.6 Å². The SMILES string of the molecule is NC(=O)NC(=O)C1CCC(C(=O)N2CC[C@]3(S(=O)(=O)c4ccc(F)cc4)c4ccc(C(F)(C(F)(F)F)C(F)(F)F)cc4CCC[C@H]23)CC1. The molecule has 4 amide bonds. The predicted octanol–water partition coefficient (Wildman–Crippen LogP) is 5.72. The number of hydrogen-bond acceptors (Lipinski definition) is 5. The summed E-state index contributed by atoms with van der Waals surface area (Å²) >= 11 is 0. The Labute approximate surface area is 269 Å². The summed E-state index contributed by atoms with van der Waals surface area (Å²) < 4.78 is 138. The molecule has 0 unspecified atom stereocenters. The van der Waals surface area contributed by atoms with E-state index in [1.807, 2.05) is 5.32 Å². The maximum absolute atomic E-state index is 15.1. The molecule has 2 aromatic carbocycles. The van der Waals surface area contributed by atoms with E-state index in [0.29, 0.717) is 6.07 Å². The number of fused-ring (bicyclic) bond motifs is 3. The van der Waals surface area contributed by atoms with Crippen molar-refractivity contribution in [2.24, 2.45) is 17.6 Å². The number of nitrogens with two attached hydrogens (primary N) is 1. The van der Waals surface area contributed by atoms with Crippen LogP contribution >= 0.6 is 0 Å². The molecule has 1 heterocycles. The number of amides is 4. The van der Waals surface area contributed by atoms with Gasteiger partial charge in [0.15, 0.2) is 9.84 Å². The number of alkyl halides is 7. The second-order valence-corrected chi connectivity index (χ2v) is 14.7. The number of aryl methyl sites for hydroxylation is 1. The second kappa shape index (κ2) is 12.3. The van der Waals surface area contributed by atoms with Crippen LogP contribution in [0.15, 0.2) is 47.4 Å². The van der Waals surface area contributed by atoms with Gasteiger partial charge in [-0.25, -0.2) is 22.0 Å². The van der Waals surface area contributed by atoms with Crippen molar-refractivity contribution in [2.45, 2.75) is 85.1 Å². The summed E-state index contributed by atoms with van der Waals surface area (Å²) in [4.78, 5) is 38.3. The van der Waals surface area contributed by atoms with Gasteiger partial charge in [0.1, 0.15) is 10.6 Å². The smallest absolute Gasteiger partial charge is 0.351 e. The Kier molecular flexibility index (Phi) is 9.10. The average Bonchev–Trinajstić information content (AvgIpc) is 3.31. The lowest BCUT2D eigenvalue weighted by atomic mass is 9.80. The maximum Gasteiger partial charge on any atom is 0.435 e. The number of benzene rings is 2. The van der Waals surface area contributed by atoms with Crippen LogP contribution in [0.3, 0.4) is 0 Å². The molecule has 2 aromatic rings. The summed E-state index contributed by atoms with van der Waals surface area (Å²) in [7, 11) is -4.64. The van der Waals surface area contributed by atoms with Gasteiger partial charge in [-0.2, -0.15) is 26.3 Å². The summed E-state index contributed by atoms with van der Waals surface area (Å²) in [6.07, 6.45) is -12.4. The summed E-state index contributed by atoms with van der Waals surface area (Å²) in [5.74, 6) is -3.04. The predicted molar refractivity (Wildman–Crippen MR) is 153 cm³/mol. The third-order valence-corrected chi connectivity index (χ3v) is 12.4. The molecule has 0 radical (unpaired) electrons. The molecular weight excluding hydrogens is 678 g/mol. The van der Waals surface area contributed by atoms with Crippen molar-refractivity contribution in [1.82, 2.24) is 10.2 Å². The zero-order valence-corrected chi connectivity index (χ0v) is 26.0. The molecule has 1 saturated carbocycles. The van der Waals surface area contributed by atoms with Gasteiger partial charge in [0.2, 0.25) is 11.8 Å². The number of imide groups is 1. The van der Waals surface area contributed by atoms with Gasteiger partial charge in [-0.1, -0.05) is 18.2 Å². The van der Waals surface area contributed by atoms with Crippen molar-refractivity contribution in [1.29, 1.82) is 0 Å². The molecular formula is C31H31F8N3O5S. The van der Waals surface area contributed by atoms with Crippen LogP contribution in [0.4, 0.5) is 39.9 Å². The van der Waals surface area contributed by atoms with E-state index < -0.39 is 79.7 Å². The highest BCUT2D eigenvalue weighted by atomic mass is 32.2. The van der Waals surface area contributed by atoms with E-state index in [4.69, 9.17) is 5.73 Å². The Balaban J connectivity index is 1.59. The van der Waals surface area contributed by atoms with Crippen LogP contribution in [-0.4, -0.2) is 56.1 Å². The van der Waals surface area contributed by atoms with Crippen LogP contribution in [-0.2, 0) is 36.3 Å². The second-order valence-electron chi connectivity index (χ2n) is 12.5. The molecule has 0 bridgehead atoms. The number of rotatable bonds is 5. The monoisotopic (exact) mass is 709 g/mol. The van der Waals surface area contributed by atoms with Gasteiger partial charge in [-0.15, -0.1) is 0 Å². The van der Waals surface area contributed by atoms with Crippen molar-refractivity contribution in [3.05, 3.63) is 65.0 Å². The Bertz CT molecular complexity index is 1690. The zero-order chi connectivity index (χ0) is 35.4. The minimum atomic E-state index is -6.39. The van der Waals surface area contributed by atoms with Gasteiger partial charge in [-0.3, -0.25) is 14.9 Å². The number of halogens is 8. The largest absolute Gasteiger partial charge is 0.435 e. The molecule has 48 heavy (non-hydrogen) atoms. The highest BCUT2D eigenvalue weighted by molar-refractivity contribution is 7.92. The molecule has 2 atom stereocenters. The first-order valence-electron chi connectivity index (χ1n) is 15.1. The van der Waals surface area contributed by atoms with Crippen LogP contribution in [0.25, 0.3) is 0 Å². The van der Waals surface area contributed by atoms with E-state index in [-0.39, 0.29) is 80.0 Å². The van der Waals surface area contributed by atoms with Crippen molar-refractivity contribution < 1.29 is 57.9 Å². The van der Waals surface area contributed by atoms with Crippen molar-refractivity contribution in [3.63, 3.8) is 0 Å². The number of nitrogens with one attached hydrogen (secondary N) is 1. The first-order valence-corrected chi connectivity index (χ1v) is 16.6. The Morgan fingerprint density at radius 1 is 0.854 bits per heavy atom. The van der Waals surface area contributed by atoms with Crippen LogP contribution in [0.1, 0.15) is 61.6 Å². The molecule has 0 aromatic heterocycles. The van der Waals surface area contributed by atoms with Crippen molar-refractivity contribution in [2.75, 3.05) is 6.54 Å². The third kappa shape index (κ3) is 5.70. The molecule has 262 valence electrons. The normalized spacial score (nSPS) is 25.1. The molecule has 2 fully saturated rings. The van der Waals surface area contributed by atoms with Crippen LogP contribution in [0.2, 0.25) is 0 Å². The van der Waals surface area contributed by atoms with E-state index in [2.05, 4.69) is 0 Å². The lowest BCUT2D eigenvalue weighted by Gasteiger charge is -2.39. The molecule has 3 aliphatic rings. The topological polar surface area (TPSA) is 127 Å². The van der Waals surface area contributed by atoms with Crippen molar-refractivity contribution >= 4 is 27.7 Å². The molecule has 1 saturated heterocycles. The van der Waals surface area contributed by atoms with Gasteiger partial charge in [0.25, 0.3) is 0 Å². The van der Waals surface area contributed by atoms with Gasteiger partial charge in [0, 0.05) is 23.9 Å². The summed E-state index contributed by atoms with van der Waals surface area (Å²) in [5, 5.41) is 2.00. The number of hydrogen-bond donors (Lipinski definition) is 2. The number of urea groups is 1. The third-order valence-electron chi connectivity index (χ3n) is 9.88. The maximum atomic E-state index is 15.1. The summed E-state index contributed by atoms with van der Waals surface area (Å²) in [5.41, 5.74) is -2.88. The number of likely N-dealkylation sites (tertiary alicyclic amines) is 1. The standard InChI is InChI=1S/C31H31F8N3O5S/c32-21-9-11-22(12-10-21)48(46,47)28-14-15-42(26(44)18-6-4-17(5-7-18)25(43)41-27(40)45)24(28)3-1-2-19-16-20(8-13-23(19)28)29(33,30(34,35)36)31(37,38)39/h8-13,16-18,24H,1-7,14-15H2,(H3,40,41,43,45)/t17?,18?,24-,28-/m0/s1. The minimum Gasteiger partial charge on any atom is -0.351 e. The van der Waals surface area contributed by atoms with Crippen LogP contribution < -0.4 is 11.1 Å². The fourth-order valence-corrected chi connectivity index (χ4v) is 9.94. The highest BCUT2D eigenvalue weighted by Crippen LogP contribution is 2.56. The average molecular weight is 710 g/mol. The lowest BCUT2D eigenvalue weighted by molar-refractivity contribution is -0.348. The molecule has 0 spiro atoms. The fourth-order valence-electron chi connectivity index (χ4n) is 7.57. The number of primary amides is 1. The van der Waals surface area contributed by atoms with E-state index in [9.17, 15) is 53.5 Å². The zero-order valence-electron chi connectivity index (χ0n) is 25.1. The van der Waals surface area contributed by atoms with Crippen LogP contribution in [0.5, 0.6) is 0 Å². The Morgan fingerprint density at radius 2 is 1.44 bits per heavy atom. The molecule has 2 aliphatic carbocycles. The molecule has 17 heteroatoms. The first kappa shape index (κ1) is 35.5. The van der Waals surface area contributed by atoms with E-state index >= 15 is 4.39 Å².